The molecule has 0 atom stereocenters. The third-order valence-electron chi connectivity index (χ3n) is 3.02. The van der Waals surface area contributed by atoms with E-state index in [4.69, 9.17) is 0 Å². The maximum Gasteiger partial charge on any atom is 0.0958 e. The highest BCUT2D eigenvalue weighted by molar-refractivity contribution is 9.09. The molecule has 0 spiro atoms. The molecule has 0 aliphatic rings. The second-order valence-corrected chi connectivity index (χ2v) is 5.05. The van der Waals surface area contributed by atoms with Gasteiger partial charge < -0.3 is 4.57 Å². The number of alkyl halides is 1. The highest BCUT2D eigenvalue weighted by atomic mass is 79.9. The summed E-state index contributed by atoms with van der Waals surface area (Å²) in [5, 5.41) is 1.08. The van der Waals surface area contributed by atoms with Crippen molar-refractivity contribution in [1.82, 2.24) is 9.55 Å². The number of aromatic nitrogens is 2. The molecule has 2 nitrogen and oxygen atoms in total. The number of benzene rings is 1. The SMILES string of the molecule is Cc1cc2ncn(CCCCBr)c2cc1C. The van der Waals surface area contributed by atoms with Gasteiger partial charge in [-0.05, 0) is 49.9 Å². The van der Waals surface area contributed by atoms with Gasteiger partial charge in [0.15, 0.2) is 0 Å². The van der Waals surface area contributed by atoms with Crippen molar-refractivity contribution in [1.29, 1.82) is 0 Å². The van der Waals surface area contributed by atoms with Crippen molar-refractivity contribution in [3.8, 4) is 0 Å². The Morgan fingerprint density at radius 3 is 2.69 bits per heavy atom. The zero-order chi connectivity index (χ0) is 11.5. The topological polar surface area (TPSA) is 17.8 Å². The minimum atomic E-state index is 1.06. The molecule has 0 radical (unpaired) electrons. The second-order valence-electron chi connectivity index (χ2n) is 4.26. The van der Waals surface area contributed by atoms with E-state index in [2.05, 4.69) is 51.5 Å². The summed E-state index contributed by atoms with van der Waals surface area (Å²) in [4.78, 5) is 4.45. The van der Waals surface area contributed by atoms with Crippen molar-refractivity contribution in [3.63, 3.8) is 0 Å². The van der Waals surface area contributed by atoms with Crippen LogP contribution in [0.1, 0.15) is 24.0 Å². The summed E-state index contributed by atoms with van der Waals surface area (Å²) in [5.41, 5.74) is 5.03. The van der Waals surface area contributed by atoms with Gasteiger partial charge in [-0.15, -0.1) is 0 Å². The van der Waals surface area contributed by atoms with Gasteiger partial charge in [0.05, 0.1) is 17.4 Å². The molecule has 1 aromatic carbocycles. The molecule has 86 valence electrons. The fourth-order valence-electron chi connectivity index (χ4n) is 1.87. The molecule has 0 aliphatic heterocycles. The van der Waals surface area contributed by atoms with Crippen LogP contribution in [0.5, 0.6) is 0 Å². The quantitative estimate of drug-likeness (QED) is 0.615. The number of rotatable bonds is 4. The summed E-state index contributed by atoms with van der Waals surface area (Å²) in [5.74, 6) is 0. The first-order valence-corrected chi connectivity index (χ1v) is 6.82. The summed E-state index contributed by atoms with van der Waals surface area (Å²) < 4.78 is 2.25. The third kappa shape index (κ3) is 2.29. The molecule has 0 bridgehead atoms. The number of fused-ring (bicyclic) bond motifs is 1. The van der Waals surface area contributed by atoms with E-state index in [0.717, 1.165) is 17.4 Å². The van der Waals surface area contributed by atoms with E-state index in [1.54, 1.807) is 0 Å². The van der Waals surface area contributed by atoms with Crippen LogP contribution in [0.2, 0.25) is 0 Å². The number of hydrogen-bond donors (Lipinski definition) is 0. The van der Waals surface area contributed by atoms with Gasteiger partial charge >= 0.3 is 0 Å². The fourth-order valence-corrected chi connectivity index (χ4v) is 2.26. The van der Waals surface area contributed by atoms with Crippen LogP contribution in [-0.4, -0.2) is 14.9 Å². The molecule has 0 fully saturated rings. The lowest BCUT2D eigenvalue weighted by molar-refractivity contribution is 0.650. The number of imidazole rings is 1. The number of halogens is 1. The molecule has 0 saturated heterocycles. The average molecular weight is 281 g/mol. The minimum Gasteiger partial charge on any atom is -0.331 e. The van der Waals surface area contributed by atoms with Crippen LogP contribution in [0.25, 0.3) is 11.0 Å². The van der Waals surface area contributed by atoms with Gasteiger partial charge in [0.1, 0.15) is 0 Å². The number of unbranched alkanes of at least 4 members (excludes halogenated alkanes) is 1. The van der Waals surface area contributed by atoms with Crippen molar-refractivity contribution < 1.29 is 0 Å². The predicted molar refractivity (Wildman–Crippen MR) is 72.2 cm³/mol. The Bertz CT molecular complexity index is 488. The Labute approximate surface area is 105 Å². The van der Waals surface area contributed by atoms with E-state index in [1.165, 1.54) is 29.5 Å². The van der Waals surface area contributed by atoms with Crippen LogP contribution >= 0.6 is 15.9 Å². The summed E-state index contributed by atoms with van der Waals surface area (Å²) >= 11 is 3.46. The molecule has 1 heterocycles. The zero-order valence-corrected chi connectivity index (χ0v) is 11.4. The van der Waals surface area contributed by atoms with Crippen LogP contribution in [0.3, 0.4) is 0 Å². The lowest BCUT2D eigenvalue weighted by atomic mass is 10.1. The first-order valence-electron chi connectivity index (χ1n) is 5.70. The summed E-state index contributed by atoms with van der Waals surface area (Å²) in [6, 6.07) is 4.41. The molecule has 0 unspecified atom stereocenters. The Balaban J connectivity index is 2.29. The van der Waals surface area contributed by atoms with Crippen LogP contribution in [0.15, 0.2) is 18.5 Å². The smallest absolute Gasteiger partial charge is 0.0958 e. The standard InChI is InChI=1S/C13H17BrN2/c1-10-7-12-13(8-11(10)2)16(9-15-12)6-4-3-5-14/h7-9H,3-6H2,1-2H3. The maximum atomic E-state index is 4.45. The molecule has 0 saturated carbocycles. The number of aryl methyl sites for hydroxylation is 3. The molecule has 2 rings (SSSR count). The van der Waals surface area contributed by atoms with Crippen molar-refractivity contribution in [2.75, 3.05) is 5.33 Å². The fraction of sp³-hybridized carbons (Fsp3) is 0.462. The van der Waals surface area contributed by atoms with Gasteiger partial charge in [-0.3, -0.25) is 0 Å². The molecular formula is C13H17BrN2. The Morgan fingerprint density at radius 2 is 1.94 bits per heavy atom. The van der Waals surface area contributed by atoms with E-state index < -0.39 is 0 Å². The Kier molecular flexibility index (Phi) is 3.64. The molecule has 2 aromatic rings. The second kappa shape index (κ2) is 5.00. The summed E-state index contributed by atoms with van der Waals surface area (Å²) in [6.07, 6.45) is 4.37. The highest BCUT2D eigenvalue weighted by Crippen LogP contribution is 2.18. The lowest BCUT2D eigenvalue weighted by Crippen LogP contribution is -1.96. The molecule has 16 heavy (non-hydrogen) atoms. The molecule has 0 amide bonds. The van der Waals surface area contributed by atoms with E-state index in [9.17, 15) is 0 Å². The molecular weight excluding hydrogens is 264 g/mol. The zero-order valence-electron chi connectivity index (χ0n) is 9.83. The highest BCUT2D eigenvalue weighted by Gasteiger charge is 2.04. The van der Waals surface area contributed by atoms with E-state index in [-0.39, 0.29) is 0 Å². The largest absolute Gasteiger partial charge is 0.331 e. The maximum absolute atomic E-state index is 4.45. The average Bonchev–Trinajstić information content (AvgIpc) is 2.63. The minimum absolute atomic E-state index is 1.06. The molecule has 0 aliphatic carbocycles. The third-order valence-corrected chi connectivity index (χ3v) is 3.58. The first-order chi connectivity index (χ1) is 7.72. The van der Waals surface area contributed by atoms with Crippen LogP contribution in [0, 0.1) is 13.8 Å². The van der Waals surface area contributed by atoms with Crippen LogP contribution < -0.4 is 0 Å². The van der Waals surface area contributed by atoms with Gasteiger partial charge in [-0.1, -0.05) is 15.9 Å². The van der Waals surface area contributed by atoms with Gasteiger partial charge in [0.2, 0.25) is 0 Å². The predicted octanol–water partition coefficient (Wildman–Crippen LogP) is 3.83. The Hall–Kier alpha value is -0.830. The summed E-state index contributed by atoms with van der Waals surface area (Å²) in [6.45, 7) is 5.35. The Morgan fingerprint density at radius 1 is 1.19 bits per heavy atom. The van der Waals surface area contributed by atoms with Crippen molar-refractivity contribution in [2.45, 2.75) is 33.2 Å². The number of nitrogens with zero attached hydrogens (tertiary/aromatic N) is 2. The lowest BCUT2D eigenvalue weighted by Gasteiger charge is -2.05. The van der Waals surface area contributed by atoms with E-state index in [1.807, 2.05) is 6.33 Å². The number of hydrogen-bond acceptors (Lipinski definition) is 1. The van der Waals surface area contributed by atoms with Gasteiger partial charge in [-0.2, -0.15) is 0 Å². The molecule has 0 N–H and O–H groups in total. The van der Waals surface area contributed by atoms with Crippen molar-refractivity contribution >= 4 is 27.0 Å². The summed E-state index contributed by atoms with van der Waals surface area (Å²) in [7, 11) is 0. The van der Waals surface area contributed by atoms with Crippen molar-refractivity contribution in [2.24, 2.45) is 0 Å². The first kappa shape index (κ1) is 11.6. The normalized spacial score (nSPS) is 11.2. The van der Waals surface area contributed by atoms with Crippen LogP contribution in [0.4, 0.5) is 0 Å². The molecule has 1 aromatic heterocycles. The molecule has 3 heteroatoms. The van der Waals surface area contributed by atoms with Gasteiger partial charge in [0.25, 0.3) is 0 Å². The van der Waals surface area contributed by atoms with Gasteiger partial charge in [0, 0.05) is 11.9 Å². The van der Waals surface area contributed by atoms with Gasteiger partial charge in [-0.25, -0.2) is 4.98 Å². The van der Waals surface area contributed by atoms with Crippen molar-refractivity contribution in [3.05, 3.63) is 29.6 Å². The van der Waals surface area contributed by atoms with E-state index >= 15 is 0 Å². The van der Waals surface area contributed by atoms with E-state index in [0.29, 0.717) is 0 Å². The monoisotopic (exact) mass is 280 g/mol. The van der Waals surface area contributed by atoms with Crippen LogP contribution in [-0.2, 0) is 6.54 Å².